The van der Waals surface area contributed by atoms with Gasteiger partial charge in [-0.25, -0.2) is 0 Å². The molecule has 2 amide bonds. The van der Waals surface area contributed by atoms with Crippen molar-refractivity contribution in [1.29, 1.82) is 0 Å². The van der Waals surface area contributed by atoms with Crippen molar-refractivity contribution in [2.45, 2.75) is 32.0 Å². The summed E-state index contributed by atoms with van der Waals surface area (Å²) in [6, 6.07) is 12.5. The average Bonchev–Trinajstić information content (AvgIpc) is 2.68. The van der Waals surface area contributed by atoms with E-state index in [-0.39, 0.29) is 30.0 Å². The van der Waals surface area contributed by atoms with E-state index in [0.717, 1.165) is 31.5 Å². The first kappa shape index (κ1) is 19.8. The van der Waals surface area contributed by atoms with Gasteiger partial charge in [-0.2, -0.15) is 0 Å². The van der Waals surface area contributed by atoms with Gasteiger partial charge >= 0.3 is 0 Å². The molecule has 1 aliphatic rings. The average molecular weight is 382 g/mol. The maximum Gasteiger partial charge on any atom is 0.253 e. The van der Waals surface area contributed by atoms with Crippen LogP contribution in [0, 0.1) is 0 Å². The predicted molar refractivity (Wildman–Crippen MR) is 107 cm³/mol. The highest BCUT2D eigenvalue weighted by Crippen LogP contribution is 2.08. The summed E-state index contributed by atoms with van der Waals surface area (Å²) in [5.41, 5.74) is 1.03. The molecule has 28 heavy (non-hydrogen) atoms. The van der Waals surface area contributed by atoms with Gasteiger partial charge in [-0.15, -0.1) is 0 Å². The number of likely N-dealkylation sites (tertiary alicyclic amines) is 1. The third kappa shape index (κ3) is 5.53. The number of hydrogen-bond acceptors (Lipinski definition) is 4. The van der Waals surface area contributed by atoms with Gasteiger partial charge in [-0.3, -0.25) is 14.4 Å². The van der Waals surface area contributed by atoms with Gasteiger partial charge in [0.1, 0.15) is 6.54 Å². The van der Waals surface area contributed by atoms with Crippen LogP contribution in [-0.2, 0) is 17.9 Å². The van der Waals surface area contributed by atoms with Crippen LogP contribution in [0.15, 0.2) is 53.5 Å². The molecule has 0 bridgehead atoms. The fourth-order valence-corrected chi connectivity index (χ4v) is 3.38. The summed E-state index contributed by atoms with van der Waals surface area (Å²) in [6.45, 7) is 2.14. The second kappa shape index (κ2) is 9.32. The lowest BCUT2D eigenvalue weighted by atomic mass is 10.1. The van der Waals surface area contributed by atoms with Gasteiger partial charge in [-0.05, 0) is 38.1 Å². The Morgan fingerprint density at radius 3 is 2.68 bits per heavy atom. The van der Waals surface area contributed by atoms with E-state index in [1.807, 2.05) is 37.4 Å². The van der Waals surface area contributed by atoms with Gasteiger partial charge in [0, 0.05) is 31.4 Å². The molecule has 0 radical (unpaired) electrons. The van der Waals surface area contributed by atoms with Crippen molar-refractivity contribution in [3.63, 3.8) is 0 Å². The summed E-state index contributed by atoms with van der Waals surface area (Å²) in [7, 11) is 2.03. The first-order valence-electron chi connectivity index (χ1n) is 9.52. The van der Waals surface area contributed by atoms with Crippen molar-refractivity contribution in [2.75, 3.05) is 20.1 Å². The quantitative estimate of drug-likeness (QED) is 0.780. The molecular formula is C21H26N4O3. The van der Waals surface area contributed by atoms with Crippen LogP contribution >= 0.6 is 0 Å². The number of likely N-dealkylation sites (N-methyl/N-ethyl adjacent to an activating group) is 1. The van der Waals surface area contributed by atoms with E-state index >= 15 is 0 Å². The van der Waals surface area contributed by atoms with Crippen molar-refractivity contribution in [3.05, 3.63) is 70.1 Å². The smallest absolute Gasteiger partial charge is 0.253 e. The summed E-state index contributed by atoms with van der Waals surface area (Å²) < 4.78 is 1.28. The van der Waals surface area contributed by atoms with Crippen molar-refractivity contribution in [1.82, 2.24) is 20.1 Å². The standard InChI is InChI=1S/C21H26N4O3/c1-24-11-5-8-18(14-24)23-19(26)15-25-13-17(9-10-20(25)27)21(28)22-12-16-6-3-2-4-7-16/h2-4,6-7,9-10,13,18H,5,8,11-12,14-15H2,1H3,(H,22,28)(H,23,26)/t18-/m0/s1. The summed E-state index contributed by atoms with van der Waals surface area (Å²) in [5, 5.41) is 5.80. The highest BCUT2D eigenvalue weighted by atomic mass is 16.2. The van der Waals surface area contributed by atoms with E-state index in [1.165, 1.54) is 22.9 Å². The van der Waals surface area contributed by atoms with Crippen molar-refractivity contribution < 1.29 is 9.59 Å². The minimum absolute atomic E-state index is 0.0966. The molecule has 1 saturated heterocycles. The lowest BCUT2D eigenvalue weighted by Crippen LogP contribution is -2.47. The Morgan fingerprint density at radius 1 is 1.14 bits per heavy atom. The molecule has 1 fully saturated rings. The van der Waals surface area contributed by atoms with E-state index in [1.54, 1.807) is 0 Å². The lowest BCUT2D eigenvalue weighted by molar-refractivity contribution is -0.122. The minimum atomic E-state index is -0.310. The highest BCUT2D eigenvalue weighted by molar-refractivity contribution is 5.93. The second-order valence-electron chi connectivity index (χ2n) is 7.22. The molecule has 2 aromatic rings. The number of carbonyl (C=O) groups is 2. The molecule has 0 unspecified atom stereocenters. The zero-order valence-electron chi connectivity index (χ0n) is 16.1. The predicted octanol–water partition coefficient (Wildman–Crippen LogP) is 0.989. The third-order valence-corrected chi connectivity index (χ3v) is 4.85. The fraction of sp³-hybridized carbons (Fsp3) is 0.381. The van der Waals surface area contributed by atoms with E-state index in [4.69, 9.17) is 0 Å². The van der Waals surface area contributed by atoms with Crippen molar-refractivity contribution in [3.8, 4) is 0 Å². The van der Waals surface area contributed by atoms with Gasteiger partial charge in [-0.1, -0.05) is 30.3 Å². The van der Waals surface area contributed by atoms with E-state index in [2.05, 4.69) is 15.5 Å². The van der Waals surface area contributed by atoms with Gasteiger partial charge in [0.25, 0.3) is 11.5 Å². The summed E-state index contributed by atoms with van der Waals surface area (Å²) in [4.78, 5) is 39.0. The largest absolute Gasteiger partial charge is 0.351 e. The first-order valence-corrected chi connectivity index (χ1v) is 9.52. The zero-order valence-corrected chi connectivity index (χ0v) is 16.1. The third-order valence-electron chi connectivity index (χ3n) is 4.85. The van der Waals surface area contributed by atoms with Crippen molar-refractivity contribution in [2.24, 2.45) is 0 Å². The highest BCUT2D eigenvalue weighted by Gasteiger charge is 2.19. The Balaban J connectivity index is 1.60. The number of carbonyl (C=O) groups excluding carboxylic acids is 2. The maximum atomic E-state index is 12.4. The molecule has 7 heteroatoms. The monoisotopic (exact) mass is 382 g/mol. The molecule has 0 aliphatic carbocycles. The number of rotatable bonds is 6. The van der Waals surface area contributed by atoms with Gasteiger partial charge in [0.05, 0.1) is 5.56 Å². The Bertz CT molecular complexity index is 879. The van der Waals surface area contributed by atoms with Gasteiger partial charge < -0.3 is 20.1 Å². The Kier molecular flexibility index (Phi) is 6.60. The van der Waals surface area contributed by atoms with Crippen LogP contribution in [0.1, 0.15) is 28.8 Å². The topological polar surface area (TPSA) is 83.4 Å². The number of amides is 2. The van der Waals surface area contributed by atoms with Gasteiger partial charge in [0.2, 0.25) is 5.91 Å². The molecule has 3 rings (SSSR count). The van der Waals surface area contributed by atoms with Crippen LogP contribution in [0.2, 0.25) is 0 Å². The Labute approximate surface area is 164 Å². The van der Waals surface area contributed by atoms with E-state index in [9.17, 15) is 14.4 Å². The molecule has 0 saturated carbocycles. The maximum absolute atomic E-state index is 12.4. The number of nitrogens with zero attached hydrogens (tertiary/aromatic N) is 2. The Morgan fingerprint density at radius 2 is 1.93 bits per heavy atom. The summed E-state index contributed by atoms with van der Waals surface area (Å²) in [5.74, 6) is -0.504. The van der Waals surface area contributed by atoms with Crippen LogP contribution in [-0.4, -0.2) is 47.5 Å². The molecular weight excluding hydrogens is 356 g/mol. The van der Waals surface area contributed by atoms with Crippen LogP contribution in [0.5, 0.6) is 0 Å². The van der Waals surface area contributed by atoms with Crippen LogP contribution in [0.25, 0.3) is 0 Å². The second-order valence-corrected chi connectivity index (χ2v) is 7.22. The lowest BCUT2D eigenvalue weighted by Gasteiger charge is -2.30. The Hall–Kier alpha value is -2.93. The molecule has 0 spiro atoms. The SMILES string of the molecule is CN1CCC[C@H](NC(=O)Cn2cc(C(=O)NCc3ccccc3)ccc2=O)C1. The zero-order chi connectivity index (χ0) is 19.9. The van der Waals surface area contributed by atoms with Crippen LogP contribution in [0.4, 0.5) is 0 Å². The number of nitrogens with one attached hydrogen (secondary N) is 2. The molecule has 1 atom stereocenters. The fourth-order valence-electron chi connectivity index (χ4n) is 3.38. The number of aromatic nitrogens is 1. The van der Waals surface area contributed by atoms with E-state index < -0.39 is 0 Å². The number of piperidine rings is 1. The van der Waals surface area contributed by atoms with Crippen LogP contribution in [0.3, 0.4) is 0 Å². The first-order chi connectivity index (χ1) is 13.5. The van der Waals surface area contributed by atoms with Crippen molar-refractivity contribution >= 4 is 11.8 Å². The molecule has 2 N–H and O–H groups in total. The molecule has 2 heterocycles. The minimum Gasteiger partial charge on any atom is -0.351 e. The molecule has 1 aromatic heterocycles. The summed E-state index contributed by atoms with van der Waals surface area (Å²) >= 11 is 0. The molecule has 1 aromatic carbocycles. The molecule has 148 valence electrons. The summed E-state index contributed by atoms with van der Waals surface area (Å²) in [6.07, 6.45) is 3.42. The number of pyridine rings is 1. The van der Waals surface area contributed by atoms with Gasteiger partial charge in [0.15, 0.2) is 0 Å². The molecule has 7 nitrogen and oxygen atoms in total. The number of benzene rings is 1. The van der Waals surface area contributed by atoms with Crippen LogP contribution < -0.4 is 16.2 Å². The normalized spacial score (nSPS) is 17.1. The van der Waals surface area contributed by atoms with E-state index in [0.29, 0.717) is 12.1 Å². The molecule has 1 aliphatic heterocycles. The number of hydrogen-bond donors (Lipinski definition) is 2.